The first-order valence-electron chi connectivity index (χ1n) is 12.1. The lowest BCUT2D eigenvalue weighted by Gasteiger charge is -2.38. The fourth-order valence-electron chi connectivity index (χ4n) is 5.26. The minimum absolute atomic E-state index is 0. The maximum Gasteiger partial charge on any atom is 0.435 e. The molecule has 5 rings (SSSR count). The van der Waals surface area contributed by atoms with E-state index in [1.54, 1.807) is 0 Å². The number of rotatable bonds is 6. The Balaban J connectivity index is 0.00000304. The van der Waals surface area contributed by atoms with Crippen LogP contribution in [0.4, 0.5) is 24.7 Å². The van der Waals surface area contributed by atoms with E-state index in [0.29, 0.717) is 26.2 Å². The number of benzene rings is 1. The zero-order valence-corrected chi connectivity index (χ0v) is 21.7. The molecule has 2 aliphatic heterocycles. The molecule has 0 atom stereocenters. The van der Waals surface area contributed by atoms with Crippen molar-refractivity contribution in [1.82, 2.24) is 25.1 Å². The van der Waals surface area contributed by atoms with Gasteiger partial charge < -0.3 is 14.7 Å². The van der Waals surface area contributed by atoms with Gasteiger partial charge in [-0.05, 0) is 75.5 Å². The Morgan fingerprint density at radius 3 is 2.39 bits per heavy atom. The van der Waals surface area contributed by atoms with E-state index in [0.717, 1.165) is 30.1 Å². The Labute approximate surface area is 219 Å². The van der Waals surface area contributed by atoms with Crippen molar-refractivity contribution in [3.05, 3.63) is 40.3 Å². The number of halogens is 5. The second kappa shape index (κ2) is 11.0. The van der Waals surface area contributed by atoms with Crippen LogP contribution in [0.15, 0.2) is 18.5 Å². The van der Waals surface area contributed by atoms with E-state index in [1.807, 2.05) is 11.0 Å². The molecule has 2 aromatic heterocycles. The molecule has 2 saturated heterocycles. The molecule has 0 saturated carbocycles. The fourth-order valence-corrected chi connectivity index (χ4v) is 5.49. The van der Waals surface area contributed by atoms with Gasteiger partial charge >= 0.3 is 6.18 Å². The molecule has 0 amide bonds. The van der Waals surface area contributed by atoms with Crippen LogP contribution in [-0.4, -0.2) is 70.9 Å². The molecule has 0 bridgehead atoms. The zero-order valence-electron chi connectivity index (χ0n) is 20.1. The Hall–Kier alpha value is -2.30. The van der Waals surface area contributed by atoms with E-state index >= 15 is 0 Å². The molecule has 0 aliphatic carbocycles. The van der Waals surface area contributed by atoms with Crippen LogP contribution in [-0.2, 0) is 12.6 Å². The maximum absolute atomic E-state index is 13.5. The van der Waals surface area contributed by atoms with Crippen molar-refractivity contribution in [3.8, 4) is 0 Å². The van der Waals surface area contributed by atoms with E-state index < -0.39 is 11.9 Å². The third kappa shape index (κ3) is 5.50. The molecule has 1 N–H and O–H groups in total. The molecule has 196 valence electrons. The van der Waals surface area contributed by atoms with Crippen molar-refractivity contribution < 1.29 is 13.2 Å². The van der Waals surface area contributed by atoms with E-state index in [2.05, 4.69) is 43.0 Å². The lowest BCUT2D eigenvalue weighted by Crippen LogP contribution is -2.47. The standard InChI is InChI=1S/C24H29ClF3N7.ClH/c1-16-17(5-4-8-33-6-2-3-7-33)13-18(25)14-19(16)34-9-11-35(12-10-34)23-20-21(24(26,27)28)31-32-22(20)29-15-30-23;/h13-15H,2-12H2,1H3,(H,29,30,31,32);1H. The van der Waals surface area contributed by atoms with Gasteiger partial charge in [-0.25, -0.2) is 9.97 Å². The fraction of sp³-hybridized carbons (Fsp3) is 0.542. The molecule has 4 heterocycles. The summed E-state index contributed by atoms with van der Waals surface area (Å²) < 4.78 is 40.5. The second-order valence-electron chi connectivity index (χ2n) is 9.33. The number of aryl methyl sites for hydroxylation is 1. The van der Waals surface area contributed by atoms with Crippen LogP contribution < -0.4 is 9.80 Å². The van der Waals surface area contributed by atoms with Crippen LogP contribution >= 0.6 is 24.0 Å². The van der Waals surface area contributed by atoms with Gasteiger partial charge in [0.25, 0.3) is 0 Å². The van der Waals surface area contributed by atoms with Gasteiger partial charge in [-0.3, -0.25) is 5.10 Å². The van der Waals surface area contributed by atoms with Crippen molar-refractivity contribution in [2.24, 2.45) is 0 Å². The lowest BCUT2D eigenvalue weighted by atomic mass is 10.0. The highest BCUT2D eigenvalue weighted by Gasteiger charge is 2.38. The van der Waals surface area contributed by atoms with Gasteiger partial charge in [0.05, 0.1) is 5.39 Å². The summed E-state index contributed by atoms with van der Waals surface area (Å²) in [6.07, 6.45) is 1.37. The number of alkyl halides is 3. The highest BCUT2D eigenvalue weighted by atomic mass is 35.5. The van der Waals surface area contributed by atoms with Gasteiger partial charge in [0, 0.05) is 36.9 Å². The van der Waals surface area contributed by atoms with Crippen LogP contribution in [0, 0.1) is 6.92 Å². The second-order valence-corrected chi connectivity index (χ2v) is 9.76. The summed E-state index contributed by atoms with van der Waals surface area (Å²) in [7, 11) is 0. The summed E-state index contributed by atoms with van der Waals surface area (Å²) in [5.41, 5.74) is 2.70. The molecular weight excluding hydrogens is 514 g/mol. The lowest BCUT2D eigenvalue weighted by molar-refractivity contribution is -0.139. The number of fused-ring (bicyclic) bond motifs is 1. The number of nitrogens with one attached hydrogen (secondary N) is 1. The monoisotopic (exact) mass is 543 g/mol. The first-order valence-corrected chi connectivity index (χ1v) is 12.5. The summed E-state index contributed by atoms with van der Waals surface area (Å²) in [6, 6.07) is 4.06. The minimum atomic E-state index is -4.58. The average molecular weight is 544 g/mol. The normalized spacial score (nSPS) is 17.1. The van der Waals surface area contributed by atoms with Gasteiger partial charge in [-0.15, -0.1) is 12.4 Å². The quantitative estimate of drug-likeness (QED) is 0.466. The highest BCUT2D eigenvalue weighted by molar-refractivity contribution is 6.31. The number of nitrogens with zero attached hydrogens (tertiary/aromatic N) is 6. The summed E-state index contributed by atoms with van der Waals surface area (Å²) in [4.78, 5) is 14.8. The molecule has 7 nitrogen and oxygen atoms in total. The van der Waals surface area contributed by atoms with Crippen LogP contribution in [0.2, 0.25) is 5.02 Å². The molecule has 1 aromatic carbocycles. The average Bonchev–Trinajstić information content (AvgIpc) is 3.51. The largest absolute Gasteiger partial charge is 0.435 e. The molecule has 3 aromatic rings. The maximum atomic E-state index is 13.5. The van der Waals surface area contributed by atoms with Gasteiger partial charge in [-0.1, -0.05) is 11.6 Å². The van der Waals surface area contributed by atoms with Gasteiger partial charge in [0.15, 0.2) is 11.3 Å². The van der Waals surface area contributed by atoms with E-state index in [9.17, 15) is 13.2 Å². The Morgan fingerprint density at radius 1 is 1.00 bits per heavy atom. The summed E-state index contributed by atoms with van der Waals surface area (Å²) in [5.74, 6) is 0.265. The first kappa shape index (κ1) is 26.8. The highest BCUT2D eigenvalue weighted by Crippen LogP contribution is 2.37. The molecule has 36 heavy (non-hydrogen) atoms. The summed E-state index contributed by atoms with van der Waals surface area (Å²) in [5, 5.41) is 6.49. The first-order chi connectivity index (χ1) is 16.8. The molecule has 2 fully saturated rings. The van der Waals surface area contributed by atoms with Crippen LogP contribution in [0.25, 0.3) is 11.0 Å². The molecule has 12 heteroatoms. The van der Waals surface area contributed by atoms with Crippen LogP contribution in [0.3, 0.4) is 0 Å². The van der Waals surface area contributed by atoms with Crippen molar-refractivity contribution >= 4 is 46.5 Å². The Bertz CT molecular complexity index is 1190. The van der Waals surface area contributed by atoms with Crippen molar-refractivity contribution in [1.29, 1.82) is 0 Å². The Morgan fingerprint density at radius 2 is 1.69 bits per heavy atom. The SMILES string of the molecule is Cc1c(CCCN2CCCC2)cc(Cl)cc1N1CCN(c2ncnc3[nH]nc(C(F)(F)F)c23)CC1.Cl. The Kier molecular flexibility index (Phi) is 8.16. The summed E-state index contributed by atoms with van der Waals surface area (Å²) in [6.45, 7) is 8.02. The minimum Gasteiger partial charge on any atom is -0.368 e. The van der Waals surface area contributed by atoms with Crippen molar-refractivity contribution in [2.45, 2.75) is 38.8 Å². The number of H-pyrrole nitrogens is 1. The number of piperazine rings is 1. The van der Waals surface area contributed by atoms with E-state index in [-0.39, 0.29) is 29.3 Å². The molecule has 0 radical (unpaired) electrons. The van der Waals surface area contributed by atoms with Crippen molar-refractivity contribution in [3.63, 3.8) is 0 Å². The molecular formula is C24H30Cl2F3N7. The molecule has 2 aliphatic rings. The third-order valence-corrected chi connectivity index (χ3v) is 7.32. The predicted octanol–water partition coefficient (Wildman–Crippen LogP) is 5.11. The van der Waals surface area contributed by atoms with Gasteiger partial charge in [0.2, 0.25) is 0 Å². The number of hydrogen-bond acceptors (Lipinski definition) is 6. The number of aromatic amines is 1. The number of hydrogen-bond donors (Lipinski definition) is 1. The zero-order chi connectivity index (χ0) is 24.6. The van der Waals surface area contributed by atoms with E-state index in [4.69, 9.17) is 11.6 Å². The van der Waals surface area contributed by atoms with Gasteiger partial charge in [-0.2, -0.15) is 18.3 Å². The molecule has 0 spiro atoms. The third-order valence-electron chi connectivity index (χ3n) is 7.10. The molecule has 0 unspecified atom stereocenters. The summed E-state index contributed by atoms with van der Waals surface area (Å²) >= 11 is 6.50. The number of anilines is 2. The number of aromatic nitrogens is 4. The predicted molar refractivity (Wildman–Crippen MR) is 139 cm³/mol. The smallest absolute Gasteiger partial charge is 0.368 e. The van der Waals surface area contributed by atoms with Crippen LogP contribution in [0.1, 0.15) is 36.1 Å². The topological polar surface area (TPSA) is 64.2 Å². The van der Waals surface area contributed by atoms with Crippen LogP contribution in [0.5, 0.6) is 0 Å². The number of likely N-dealkylation sites (tertiary alicyclic amines) is 1. The van der Waals surface area contributed by atoms with E-state index in [1.165, 1.54) is 43.4 Å². The van der Waals surface area contributed by atoms with Gasteiger partial charge in [0.1, 0.15) is 12.1 Å². The van der Waals surface area contributed by atoms with Crippen molar-refractivity contribution in [2.75, 3.05) is 55.6 Å².